The number of nitrogens with zero attached hydrogens (tertiary/aromatic N) is 2. The Kier molecular flexibility index (Phi) is 8.68. The molecule has 1 aliphatic heterocycles. The predicted molar refractivity (Wildman–Crippen MR) is 153 cm³/mol. The molecule has 5 rings (SSSR count). The maximum Gasteiger partial charge on any atom is 0.119 e. The van der Waals surface area contributed by atoms with Crippen molar-refractivity contribution in [1.82, 2.24) is 4.90 Å². The van der Waals surface area contributed by atoms with Gasteiger partial charge in [-0.15, -0.1) is 0 Å². The molecule has 1 saturated heterocycles. The molecule has 1 fully saturated rings. The first-order chi connectivity index (χ1) is 18.2. The summed E-state index contributed by atoms with van der Waals surface area (Å²) in [6.45, 7) is 8.49. The van der Waals surface area contributed by atoms with Crippen LogP contribution in [-0.2, 0) is 19.3 Å². The van der Waals surface area contributed by atoms with E-state index < -0.39 is 0 Å². The smallest absolute Gasteiger partial charge is 0.119 e. The van der Waals surface area contributed by atoms with E-state index in [0.717, 1.165) is 57.7 Å². The van der Waals surface area contributed by atoms with E-state index in [1.54, 1.807) is 0 Å². The summed E-state index contributed by atoms with van der Waals surface area (Å²) >= 11 is 0. The summed E-state index contributed by atoms with van der Waals surface area (Å²) in [6, 6.07) is 23.6. The third-order valence-electron chi connectivity index (χ3n) is 8.24. The Morgan fingerprint density at radius 2 is 1.76 bits per heavy atom. The number of phenols is 1. The first-order valence-corrected chi connectivity index (χ1v) is 14.3. The second-order valence-corrected chi connectivity index (χ2v) is 10.7. The molecule has 4 heteroatoms. The van der Waals surface area contributed by atoms with Crippen molar-refractivity contribution < 1.29 is 9.84 Å². The van der Waals surface area contributed by atoms with E-state index in [1.165, 1.54) is 60.3 Å². The molecule has 1 heterocycles. The summed E-state index contributed by atoms with van der Waals surface area (Å²) in [7, 11) is 0. The van der Waals surface area contributed by atoms with Gasteiger partial charge in [0.2, 0.25) is 0 Å². The van der Waals surface area contributed by atoms with Gasteiger partial charge in [-0.25, -0.2) is 0 Å². The van der Waals surface area contributed by atoms with E-state index in [-0.39, 0.29) is 0 Å². The first kappa shape index (κ1) is 25.7. The van der Waals surface area contributed by atoms with Gasteiger partial charge < -0.3 is 14.7 Å². The zero-order chi connectivity index (χ0) is 25.5. The molecule has 196 valence electrons. The van der Waals surface area contributed by atoms with Gasteiger partial charge in [0.1, 0.15) is 18.1 Å². The quantitative estimate of drug-likeness (QED) is 0.342. The number of fused-ring (bicyclic) bond motifs is 1. The molecule has 1 unspecified atom stereocenters. The molecule has 0 saturated carbocycles. The Labute approximate surface area is 222 Å². The van der Waals surface area contributed by atoms with Crippen molar-refractivity contribution in [2.24, 2.45) is 0 Å². The third kappa shape index (κ3) is 6.67. The maximum atomic E-state index is 9.86. The van der Waals surface area contributed by atoms with Gasteiger partial charge >= 0.3 is 0 Å². The molecule has 37 heavy (non-hydrogen) atoms. The second-order valence-electron chi connectivity index (χ2n) is 10.7. The van der Waals surface area contributed by atoms with Crippen LogP contribution < -0.4 is 9.64 Å². The lowest BCUT2D eigenvalue weighted by atomic mass is 9.79. The molecule has 0 aromatic heterocycles. The maximum absolute atomic E-state index is 9.86. The van der Waals surface area contributed by atoms with E-state index in [0.29, 0.717) is 11.7 Å². The van der Waals surface area contributed by atoms with Crippen LogP contribution in [0.15, 0.2) is 66.7 Å². The van der Waals surface area contributed by atoms with Gasteiger partial charge in [0, 0.05) is 25.3 Å². The topological polar surface area (TPSA) is 35.9 Å². The van der Waals surface area contributed by atoms with E-state index >= 15 is 0 Å². The molecule has 0 amide bonds. The highest BCUT2D eigenvalue weighted by molar-refractivity contribution is 5.56. The number of ether oxygens (including phenoxy) is 1. The number of likely N-dealkylation sites (tertiary alicyclic amines) is 1. The Hall–Kier alpha value is -2.98. The summed E-state index contributed by atoms with van der Waals surface area (Å²) in [4.78, 5) is 5.05. The van der Waals surface area contributed by atoms with Crippen LogP contribution in [0.1, 0.15) is 60.8 Å². The van der Waals surface area contributed by atoms with Gasteiger partial charge in [-0.1, -0.05) is 42.8 Å². The van der Waals surface area contributed by atoms with E-state index in [2.05, 4.69) is 71.3 Å². The molecular formula is C33H42N2O2. The molecule has 2 aliphatic rings. The molecule has 0 radical (unpaired) electrons. The number of hydrogen-bond donors (Lipinski definition) is 1. The van der Waals surface area contributed by atoms with E-state index in [4.69, 9.17) is 4.74 Å². The van der Waals surface area contributed by atoms with Gasteiger partial charge in [0.05, 0.1) is 0 Å². The van der Waals surface area contributed by atoms with Crippen LogP contribution in [0.4, 0.5) is 5.69 Å². The van der Waals surface area contributed by atoms with E-state index in [1.807, 2.05) is 12.1 Å². The summed E-state index contributed by atoms with van der Waals surface area (Å²) in [5, 5.41) is 9.86. The van der Waals surface area contributed by atoms with Crippen LogP contribution in [0, 0.1) is 0 Å². The molecular weight excluding hydrogens is 456 g/mol. The highest BCUT2D eigenvalue weighted by Crippen LogP contribution is 2.38. The fraction of sp³-hybridized carbons (Fsp3) is 0.455. The van der Waals surface area contributed by atoms with Crippen LogP contribution in [0.2, 0.25) is 0 Å². The minimum absolute atomic E-state index is 0.381. The normalized spacial score (nSPS) is 17.8. The standard InChI is InChI=1S/C33H42N2O2/c1-2-35(21-18-26-10-16-31(17-11-26)37-23-22-34-19-6-3-7-20-34)33-9-5-4-8-32(33)29-13-12-28-25-30(36)15-14-27(28)24-29/h4-5,8-11,14-17,25,29,36H,2-3,6-7,12-13,18-24H2,1H3. The predicted octanol–water partition coefficient (Wildman–Crippen LogP) is 6.60. The fourth-order valence-electron chi connectivity index (χ4n) is 6.07. The Morgan fingerprint density at radius 1 is 0.946 bits per heavy atom. The molecule has 3 aromatic carbocycles. The molecule has 1 atom stereocenters. The third-order valence-corrected chi connectivity index (χ3v) is 8.24. The fourth-order valence-corrected chi connectivity index (χ4v) is 6.07. The Morgan fingerprint density at radius 3 is 2.57 bits per heavy atom. The zero-order valence-corrected chi connectivity index (χ0v) is 22.4. The number of rotatable bonds is 10. The minimum Gasteiger partial charge on any atom is -0.508 e. The summed E-state index contributed by atoms with van der Waals surface area (Å²) < 4.78 is 6.03. The van der Waals surface area contributed by atoms with Gasteiger partial charge in [-0.3, -0.25) is 4.90 Å². The number of hydrogen-bond acceptors (Lipinski definition) is 4. The lowest BCUT2D eigenvalue weighted by molar-refractivity contribution is 0.183. The SMILES string of the molecule is CCN(CCc1ccc(OCCN2CCCCC2)cc1)c1ccccc1C1CCc2cc(O)ccc2C1. The van der Waals surface area contributed by atoms with Crippen molar-refractivity contribution in [2.45, 2.75) is 57.8 Å². The van der Waals surface area contributed by atoms with E-state index in [9.17, 15) is 5.11 Å². The van der Waals surface area contributed by atoms with Crippen molar-refractivity contribution in [1.29, 1.82) is 0 Å². The zero-order valence-electron chi connectivity index (χ0n) is 22.4. The lowest BCUT2D eigenvalue weighted by Crippen LogP contribution is -2.33. The summed E-state index contributed by atoms with van der Waals surface area (Å²) in [5.41, 5.74) is 6.87. The highest BCUT2D eigenvalue weighted by Gasteiger charge is 2.24. The minimum atomic E-state index is 0.381. The number of aromatic hydroxyl groups is 1. The number of phenolic OH excluding ortho intramolecular Hbond substituents is 1. The summed E-state index contributed by atoms with van der Waals surface area (Å²) in [5.74, 6) is 1.87. The van der Waals surface area contributed by atoms with Crippen LogP contribution in [0.5, 0.6) is 11.5 Å². The monoisotopic (exact) mass is 498 g/mol. The first-order valence-electron chi connectivity index (χ1n) is 14.3. The van der Waals surface area contributed by atoms with Crippen LogP contribution in [-0.4, -0.2) is 49.3 Å². The van der Waals surface area contributed by atoms with Gasteiger partial charge in [-0.05, 0) is 117 Å². The van der Waals surface area contributed by atoms with Gasteiger partial charge in [-0.2, -0.15) is 0 Å². The Bertz CT molecular complexity index is 1140. The van der Waals surface area contributed by atoms with Gasteiger partial charge in [0.25, 0.3) is 0 Å². The molecule has 1 aliphatic carbocycles. The second kappa shape index (κ2) is 12.5. The molecule has 1 N–H and O–H groups in total. The average Bonchev–Trinajstić information content (AvgIpc) is 2.95. The largest absolute Gasteiger partial charge is 0.508 e. The highest BCUT2D eigenvalue weighted by atomic mass is 16.5. The van der Waals surface area contributed by atoms with Crippen molar-refractivity contribution in [3.63, 3.8) is 0 Å². The van der Waals surface area contributed by atoms with Crippen LogP contribution in [0.3, 0.4) is 0 Å². The van der Waals surface area contributed by atoms with Crippen molar-refractivity contribution in [3.05, 3.63) is 89.0 Å². The lowest BCUT2D eigenvalue weighted by Gasteiger charge is -2.31. The summed E-state index contributed by atoms with van der Waals surface area (Å²) in [6.07, 6.45) is 8.25. The van der Waals surface area contributed by atoms with Crippen molar-refractivity contribution >= 4 is 5.69 Å². The van der Waals surface area contributed by atoms with Gasteiger partial charge in [0.15, 0.2) is 0 Å². The molecule has 3 aromatic rings. The Balaban J connectivity index is 1.17. The number of benzene rings is 3. The number of para-hydroxylation sites is 1. The molecule has 0 spiro atoms. The van der Waals surface area contributed by atoms with Crippen LogP contribution >= 0.6 is 0 Å². The van der Waals surface area contributed by atoms with Crippen LogP contribution in [0.25, 0.3) is 0 Å². The number of anilines is 1. The molecule has 4 nitrogen and oxygen atoms in total. The number of aryl methyl sites for hydroxylation is 1. The molecule has 0 bridgehead atoms. The number of piperidine rings is 1. The average molecular weight is 499 g/mol. The van der Waals surface area contributed by atoms with Crippen molar-refractivity contribution in [2.75, 3.05) is 44.2 Å². The van der Waals surface area contributed by atoms with Crippen molar-refractivity contribution in [3.8, 4) is 11.5 Å². The number of likely N-dealkylation sites (N-methyl/N-ethyl adjacent to an activating group) is 1.